The lowest BCUT2D eigenvalue weighted by atomic mass is 10.3. The largest absolute Gasteiger partial charge is 0.392 e. The van der Waals surface area contributed by atoms with E-state index >= 15 is 0 Å². The van der Waals surface area contributed by atoms with Gasteiger partial charge in [-0.05, 0) is 27.2 Å². The maximum absolute atomic E-state index is 9.34. The zero-order valence-corrected chi connectivity index (χ0v) is 8.86. The first-order valence-corrected chi connectivity index (χ1v) is 5.13. The minimum absolute atomic E-state index is 0.124. The summed E-state index contributed by atoms with van der Waals surface area (Å²) in [6.07, 6.45) is 1.09. The van der Waals surface area contributed by atoms with Crippen LogP contribution < -0.4 is 0 Å². The van der Waals surface area contributed by atoms with Crippen molar-refractivity contribution in [1.29, 1.82) is 0 Å². The van der Waals surface area contributed by atoms with Crippen molar-refractivity contribution < 1.29 is 9.84 Å². The molecule has 13 heavy (non-hydrogen) atoms. The first kappa shape index (κ1) is 11.0. The second-order valence-electron chi connectivity index (χ2n) is 4.17. The van der Waals surface area contributed by atoms with Crippen LogP contribution >= 0.6 is 0 Å². The summed E-state index contributed by atoms with van der Waals surface area (Å²) in [4.78, 5) is 2.28. The second kappa shape index (κ2) is 4.94. The van der Waals surface area contributed by atoms with Gasteiger partial charge in [0.05, 0.1) is 18.8 Å². The van der Waals surface area contributed by atoms with Crippen LogP contribution in [-0.4, -0.2) is 48.0 Å². The quantitative estimate of drug-likeness (QED) is 0.708. The minimum atomic E-state index is -0.124. The van der Waals surface area contributed by atoms with Crippen molar-refractivity contribution in [2.75, 3.05) is 19.7 Å². The van der Waals surface area contributed by atoms with Crippen LogP contribution in [0.2, 0.25) is 0 Å². The summed E-state index contributed by atoms with van der Waals surface area (Å²) in [6.45, 7) is 8.83. The third-order valence-electron chi connectivity index (χ3n) is 2.49. The number of rotatable bonds is 4. The Labute approximate surface area is 80.7 Å². The Morgan fingerprint density at radius 1 is 1.46 bits per heavy atom. The Morgan fingerprint density at radius 2 is 2.15 bits per heavy atom. The molecule has 0 saturated carbocycles. The predicted octanol–water partition coefficient (Wildman–Crippen LogP) is 0.866. The second-order valence-corrected chi connectivity index (χ2v) is 4.17. The van der Waals surface area contributed by atoms with Gasteiger partial charge in [0.25, 0.3) is 0 Å². The molecule has 3 nitrogen and oxygen atoms in total. The molecule has 0 aromatic carbocycles. The van der Waals surface area contributed by atoms with Gasteiger partial charge in [0, 0.05) is 19.1 Å². The molecular formula is C10H21NO2. The van der Waals surface area contributed by atoms with E-state index < -0.39 is 0 Å². The summed E-state index contributed by atoms with van der Waals surface area (Å²) < 4.78 is 5.53. The smallest absolute Gasteiger partial charge is 0.0679 e. The lowest BCUT2D eigenvalue weighted by Crippen LogP contribution is -2.35. The highest BCUT2D eigenvalue weighted by molar-refractivity contribution is 4.78. The van der Waals surface area contributed by atoms with Crippen molar-refractivity contribution in [3.05, 3.63) is 0 Å². The fourth-order valence-corrected chi connectivity index (χ4v) is 1.61. The number of nitrogens with zero attached hydrogens (tertiary/aromatic N) is 1. The van der Waals surface area contributed by atoms with Crippen molar-refractivity contribution in [2.45, 2.75) is 45.4 Å². The van der Waals surface area contributed by atoms with E-state index in [0.29, 0.717) is 12.1 Å². The number of β-amino-alcohol motifs (C(OH)–C–C–N with tert-alkyl or cyclic N) is 1. The SMILES string of the molecule is CC(C)OCC(C)N1CC[C@@H](O)C1. The Balaban J connectivity index is 2.19. The molecule has 0 bridgehead atoms. The fraction of sp³-hybridized carbons (Fsp3) is 1.00. The molecule has 0 radical (unpaired) electrons. The minimum Gasteiger partial charge on any atom is -0.392 e. The van der Waals surface area contributed by atoms with Crippen molar-refractivity contribution in [3.63, 3.8) is 0 Å². The summed E-state index contributed by atoms with van der Waals surface area (Å²) in [5, 5.41) is 9.34. The topological polar surface area (TPSA) is 32.7 Å². The van der Waals surface area contributed by atoms with Crippen LogP contribution in [0.5, 0.6) is 0 Å². The van der Waals surface area contributed by atoms with Gasteiger partial charge < -0.3 is 9.84 Å². The summed E-state index contributed by atoms with van der Waals surface area (Å²) >= 11 is 0. The molecule has 0 aliphatic carbocycles. The normalized spacial score (nSPS) is 27.0. The summed E-state index contributed by atoms with van der Waals surface area (Å²) in [5.41, 5.74) is 0. The van der Waals surface area contributed by atoms with Crippen molar-refractivity contribution >= 4 is 0 Å². The van der Waals surface area contributed by atoms with Gasteiger partial charge in [-0.3, -0.25) is 4.90 Å². The van der Waals surface area contributed by atoms with Gasteiger partial charge in [0.2, 0.25) is 0 Å². The summed E-state index contributed by atoms with van der Waals surface area (Å²) in [7, 11) is 0. The van der Waals surface area contributed by atoms with E-state index in [-0.39, 0.29) is 6.10 Å². The standard InChI is InChI=1S/C10H21NO2/c1-8(2)13-7-9(3)11-5-4-10(12)6-11/h8-10,12H,4-7H2,1-3H3/t9?,10-/m1/s1. The number of hydrogen-bond acceptors (Lipinski definition) is 3. The molecule has 1 aliphatic rings. The number of aliphatic hydroxyl groups is 1. The summed E-state index contributed by atoms with van der Waals surface area (Å²) in [6, 6.07) is 0.430. The third kappa shape index (κ3) is 3.63. The molecule has 3 heteroatoms. The third-order valence-corrected chi connectivity index (χ3v) is 2.49. The van der Waals surface area contributed by atoms with Gasteiger partial charge in [-0.1, -0.05) is 0 Å². The maximum Gasteiger partial charge on any atom is 0.0679 e. The fourth-order valence-electron chi connectivity index (χ4n) is 1.61. The first-order valence-electron chi connectivity index (χ1n) is 5.13. The van der Waals surface area contributed by atoms with Crippen molar-refractivity contribution in [1.82, 2.24) is 4.90 Å². The zero-order chi connectivity index (χ0) is 9.84. The van der Waals surface area contributed by atoms with Crippen LogP contribution in [0.4, 0.5) is 0 Å². The van der Waals surface area contributed by atoms with E-state index in [1.54, 1.807) is 0 Å². The molecule has 1 saturated heterocycles. The van der Waals surface area contributed by atoms with Gasteiger partial charge >= 0.3 is 0 Å². The Morgan fingerprint density at radius 3 is 2.62 bits per heavy atom. The van der Waals surface area contributed by atoms with Crippen LogP contribution in [0.15, 0.2) is 0 Å². The maximum atomic E-state index is 9.34. The van der Waals surface area contributed by atoms with Crippen molar-refractivity contribution in [3.8, 4) is 0 Å². The molecule has 1 unspecified atom stereocenters. The van der Waals surface area contributed by atoms with Crippen LogP contribution in [0.3, 0.4) is 0 Å². The average Bonchev–Trinajstić information content (AvgIpc) is 2.47. The van der Waals surface area contributed by atoms with E-state index in [1.807, 2.05) is 13.8 Å². The number of hydrogen-bond donors (Lipinski definition) is 1. The molecule has 1 heterocycles. The highest BCUT2D eigenvalue weighted by Gasteiger charge is 2.24. The van der Waals surface area contributed by atoms with Crippen LogP contribution in [0, 0.1) is 0 Å². The molecule has 2 atom stereocenters. The lowest BCUT2D eigenvalue weighted by Gasteiger charge is -2.24. The average molecular weight is 187 g/mol. The molecule has 78 valence electrons. The molecule has 1 fully saturated rings. The highest BCUT2D eigenvalue weighted by atomic mass is 16.5. The van der Waals surface area contributed by atoms with Crippen LogP contribution in [0.1, 0.15) is 27.2 Å². The van der Waals surface area contributed by atoms with E-state index in [2.05, 4.69) is 11.8 Å². The number of aliphatic hydroxyl groups excluding tert-OH is 1. The molecule has 0 aromatic heterocycles. The number of likely N-dealkylation sites (tertiary alicyclic amines) is 1. The van der Waals surface area contributed by atoms with Gasteiger partial charge in [0.1, 0.15) is 0 Å². The van der Waals surface area contributed by atoms with E-state index in [1.165, 1.54) is 0 Å². The molecule has 1 aliphatic heterocycles. The lowest BCUT2D eigenvalue weighted by molar-refractivity contribution is 0.0334. The van der Waals surface area contributed by atoms with Crippen LogP contribution in [-0.2, 0) is 4.74 Å². The van der Waals surface area contributed by atoms with E-state index in [0.717, 1.165) is 26.1 Å². The highest BCUT2D eigenvalue weighted by Crippen LogP contribution is 2.12. The Kier molecular flexibility index (Phi) is 4.16. The molecule has 0 amide bonds. The molecule has 1 rings (SSSR count). The molecule has 0 aromatic rings. The van der Waals surface area contributed by atoms with Gasteiger partial charge in [-0.2, -0.15) is 0 Å². The first-order chi connectivity index (χ1) is 6.09. The van der Waals surface area contributed by atoms with Gasteiger partial charge in [0.15, 0.2) is 0 Å². The number of ether oxygens (including phenoxy) is 1. The van der Waals surface area contributed by atoms with E-state index in [4.69, 9.17) is 4.74 Å². The Bertz CT molecular complexity index is 150. The van der Waals surface area contributed by atoms with Crippen LogP contribution in [0.25, 0.3) is 0 Å². The van der Waals surface area contributed by atoms with Gasteiger partial charge in [-0.25, -0.2) is 0 Å². The van der Waals surface area contributed by atoms with E-state index in [9.17, 15) is 5.11 Å². The molecule has 0 spiro atoms. The monoisotopic (exact) mass is 187 g/mol. The van der Waals surface area contributed by atoms with Gasteiger partial charge in [-0.15, -0.1) is 0 Å². The molecular weight excluding hydrogens is 166 g/mol. The predicted molar refractivity (Wildman–Crippen MR) is 52.7 cm³/mol. The Hall–Kier alpha value is -0.120. The molecule has 1 N–H and O–H groups in total. The zero-order valence-electron chi connectivity index (χ0n) is 8.86. The summed E-state index contributed by atoms with van der Waals surface area (Å²) in [5.74, 6) is 0. The van der Waals surface area contributed by atoms with Crippen molar-refractivity contribution in [2.24, 2.45) is 0 Å².